The van der Waals surface area contributed by atoms with Crippen LogP contribution in [-0.2, 0) is 25.7 Å². The lowest BCUT2D eigenvalue weighted by Crippen LogP contribution is -2.58. The minimum absolute atomic E-state index is 0.103. The number of fused-ring (bicyclic) bond motifs is 2. The fourth-order valence-electron chi connectivity index (χ4n) is 11.1. The third kappa shape index (κ3) is 7.10. The van der Waals surface area contributed by atoms with Crippen molar-refractivity contribution in [2.45, 2.75) is 112 Å². The van der Waals surface area contributed by atoms with E-state index in [1.807, 2.05) is 0 Å². The van der Waals surface area contributed by atoms with Gasteiger partial charge in [0.2, 0.25) is 0 Å². The van der Waals surface area contributed by atoms with E-state index in [1.165, 1.54) is 60.8 Å². The maximum atomic E-state index is 13.0. The molecule has 4 aliphatic rings. The van der Waals surface area contributed by atoms with Gasteiger partial charge in [0.25, 0.3) is 0 Å². The summed E-state index contributed by atoms with van der Waals surface area (Å²) >= 11 is 0. The molecule has 0 spiro atoms. The molecule has 4 aromatic rings. The molecule has 0 bridgehead atoms. The number of likely N-dealkylation sites (tertiary alicyclic amines) is 2. The zero-order valence-corrected chi connectivity index (χ0v) is 29.7. The number of aliphatic hydroxyl groups is 2. The van der Waals surface area contributed by atoms with Crippen LogP contribution in [0.15, 0.2) is 121 Å². The Balaban J connectivity index is 1.10. The van der Waals surface area contributed by atoms with E-state index in [2.05, 4.69) is 131 Å². The van der Waals surface area contributed by atoms with Gasteiger partial charge >= 0.3 is 0 Å². The topological polar surface area (TPSA) is 46.9 Å². The van der Waals surface area contributed by atoms with Crippen molar-refractivity contribution in [3.8, 4) is 0 Å². The molecular weight excluding hydrogens is 613 g/mol. The molecule has 2 heterocycles. The molecule has 0 aromatic heterocycles. The number of benzene rings is 4. The van der Waals surface area contributed by atoms with E-state index >= 15 is 0 Å². The van der Waals surface area contributed by atoms with Gasteiger partial charge in [-0.2, -0.15) is 0 Å². The Labute approximate surface area is 300 Å². The maximum absolute atomic E-state index is 13.0. The highest BCUT2D eigenvalue weighted by molar-refractivity contribution is 5.26. The Morgan fingerprint density at radius 3 is 1.04 bits per heavy atom. The summed E-state index contributed by atoms with van der Waals surface area (Å²) < 4.78 is 0. The molecule has 4 fully saturated rings. The van der Waals surface area contributed by atoms with Crippen molar-refractivity contribution < 1.29 is 10.2 Å². The molecule has 2 saturated carbocycles. The van der Waals surface area contributed by atoms with Crippen LogP contribution in [0.4, 0.5) is 0 Å². The third-order valence-electron chi connectivity index (χ3n) is 13.2. The molecule has 0 amide bonds. The SMILES string of the molecule is OC(Cc1ccccc1)(Cc1ccccc1)[C@H]1C[C@H]2CCC[C@H]2N1CCN1[C@@H]2CCC[C@@H]2C[C@@H]1C(O)(Cc1ccccc1)Cc1ccccc1. The van der Waals surface area contributed by atoms with E-state index < -0.39 is 11.2 Å². The standard InChI is InChI=1S/C46H56N2O2/c49-45(31-35-15-5-1-6-16-35,32-36-17-7-2-8-18-36)43-29-39-23-13-25-41(39)47(43)27-28-48-42-26-14-24-40(42)30-44(48)46(50,33-37-19-9-3-10-20-37)34-38-21-11-4-12-22-38/h1-12,15-22,39-44,49-50H,13-14,23-34H2/t39-,40-,41-,42-,43-,44-/m1/s1. The first-order valence-electron chi connectivity index (χ1n) is 19.6. The highest BCUT2D eigenvalue weighted by Crippen LogP contribution is 2.48. The Hall–Kier alpha value is -3.28. The molecule has 262 valence electrons. The van der Waals surface area contributed by atoms with Gasteiger partial charge in [0.1, 0.15) is 0 Å². The van der Waals surface area contributed by atoms with E-state index in [4.69, 9.17) is 0 Å². The minimum Gasteiger partial charge on any atom is -0.388 e. The molecule has 2 saturated heterocycles. The molecule has 2 aliphatic heterocycles. The van der Waals surface area contributed by atoms with E-state index in [0.29, 0.717) is 49.6 Å². The van der Waals surface area contributed by atoms with Crippen LogP contribution in [0.25, 0.3) is 0 Å². The summed E-state index contributed by atoms with van der Waals surface area (Å²) in [7, 11) is 0. The molecule has 2 N–H and O–H groups in total. The van der Waals surface area contributed by atoms with Gasteiger partial charge in [0.05, 0.1) is 11.2 Å². The molecule has 0 unspecified atom stereocenters. The van der Waals surface area contributed by atoms with Gasteiger partial charge in [-0.15, -0.1) is 0 Å². The summed E-state index contributed by atoms with van der Waals surface area (Å²) in [5.41, 5.74) is 3.11. The van der Waals surface area contributed by atoms with E-state index in [1.54, 1.807) is 0 Å². The normalized spacial score (nSPS) is 27.1. The van der Waals surface area contributed by atoms with Crippen LogP contribution in [0.5, 0.6) is 0 Å². The predicted molar refractivity (Wildman–Crippen MR) is 203 cm³/mol. The molecule has 50 heavy (non-hydrogen) atoms. The van der Waals surface area contributed by atoms with Crippen LogP contribution in [0.3, 0.4) is 0 Å². The van der Waals surface area contributed by atoms with Gasteiger partial charge in [0, 0.05) is 62.9 Å². The highest BCUT2D eigenvalue weighted by Gasteiger charge is 2.54. The van der Waals surface area contributed by atoms with Gasteiger partial charge < -0.3 is 10.2 Å². The maximum Gasteiger partial charge on any atom is 0.0882 e. The second-order valence-electron chi connectivity index (χ2n) is 16.4. The summed E-state index contributed by atoms with van der Waals surface area (Å²) in [5, 5.41) is 26.0. The molecule has 0 radical (unpaired) electrons. The quantitative estimate of drug-likeness (QED) is 0.152. The summed E-state index contributed by atoms with van der Waals surface area (Å²) in [4.78, 5) is 5.55. The average Bonchev–Trinajstić information content (AvgIpc) is 3.92. The van der Waals surface area contributed by atoms with Gasteiger partial charge in [-0.1, -0.05) is 134 Å². The summed E-state index contributed by atoms with van der Waals surface area (Å²) in [5.74, 6) is 1.31. The molecule has 4 heteroatoms. The first-order chi connectivity index (χ1) is 24.5. The Morgan fingerprint density at radius 2 is 0.740 bits per heavy atom. The molecule has 8 rings (SSSR count). The fraction of sp³-hybridized carbons (Fsp3) is 0.478. The zero-order valence-electron chi connectivity index (χ0n) is 29.7. The lowest BCUT2D eigenvalue weighted by Gasteiger charge is -2.45. The van der Waals surface area contributed by atoms with Crippen LogP contribution in [0.1, 0.15) is 73.6 Å². The van der Waals surface area contributed by atoms with Crippen molar-refractivity contribution in [1.29, 1.82) is 0 Å². The van der Waals surface area contributed by atoms with E-state index in [9.17, 15) is 10.2 Å². The monoisotopic (exact) mass is 668 g/mol. The lowest BCUT2D eigenvalue weighted by atomic mass is 9.79. The van der Waals surface area contributed by atoms with Gasteiger partial charge in [-0.25, -0.2) is 0 Å². The smallest absolute Gasteiger partial charge is 0.0882 e. The summed E-state index contributed by atoms with van der Waals surface area (Å²) in [6, 6.07) is 43.9. The Bertz CT molecular complexity index is 1440. The molecule has 4 aromatic carbocycles. The third-order valence-corrected chi connectivity index (χ3v) is 13.2. The van der Waals surface area contributed by atoms with Crippen LogP contribution in [-0.4, -0.2) is 68.5 Å². The van der Waals surface area contributed by atoms with Crippen molar-refractivity contribution in [2.24, 2.45) is 11.8 Å². The Kier molecular flexibility index (Phi) is 9.99. The Morgan fingerprint density at radius 1 is 0.440 bits per heavy atom. The van der Waals surface area contributed by atoms with E-state index in [-0.39, 0.29) is 12.1 Å². The van der Waals surface area contributed by atoms with Crippen molar-refractivity contribution in [1.82, 2.24) is 9.80 Å². The second-order valence-corrected chi connectivity index (χ2v) is 16.4. The first kappa shape index (κ1) is 33.8. The number of hydrogen-bond acceptors (Lipinski definition) is 4. The molecule has 6 atom stereocenters. The van der Waals surface area contributed by atoms with Crippen LogP contribution in [0.2, 0.25) is 0 Å². The van der Waals surface area contributed by atoms with Crippen LogP contribution < -0.4 is 0 Å². The number of hydrogen-bond donors (Lipinski definition) is 2. The van der Waals surface area contributed by atoms with Crippen molar-refractivity contribution >= 4 is 0 Å². The largest absolute Gasteiger partial charge is 0.388 e. The lowest BCUT2D eigenvalue weighted by molar-refractivity contribution is -0.0594. The molecule has 4 nitrogen and oxygen atoms in total. The number of nitrogens with zero attached hydrogens (tertiary/aromatic N) is 2. The molecular formula is C46H56N2O2. The summed E-state index contributed by atoms with van der Waals surface area (Å²) in [6.45, 7) is 1.90. The summed E-state index contributed by atoms with van der Waals surface area (Å²) in [6.07, 6.45) is 12.4. The minimum atomic E-state index is -0.866. The number of rotatable bonds is 13. The zero-order chi connectivity index (χ0) is 34.0. The second kappa shape index (κ2) is 14.8. The highest BCUT2D eigenvalue weighted by atomic mass is 16.3. The fourth-order valence-corrected chi connectivity index (χ4v) is 11.1. The van der Waals surface area contributed by atoms with Crippen molar-refractivity contribution in [3.05, 3.63) is 144 Å². The van der Waals surface area contributed by atoms with E-state index in [0.717, 1.165) is 25.9 Å². The van der Waals surface area contributed by atoms with Gasteiger partial charge in [0.15, 0.2) is 0 Å². The van der Waals surface area contributed by atoms with Gasteiger partial charge in [-0.05, 0) is 72.6 Å². The average molecular weight is 669 g/mol. The van der Waals surface area contributed by atoms with Crippen LogP contribution in [0, 0.1) is 11.8 Å². The first-order valence-corrected chi connectivity index (χ1v) is 19.6. The van der Waals surface area contributed by atoms with Crippen molar-refractivity contribution in [3.63, 3.8) is 0 Å². The van der Waals surface area contributed by atoms with Crippen LogP contribution >= 0.6 is 0 Å². The predicted octanol–water partition coefficient (Wildman–Crippen LogP) is 7.91. The van der Waals surface area contributed by atoms with Crippen molar-refractivity contribution in [2.75, 3.05) is 13.1 Å². The van der Waals surface area contributed by atoms with Gasteiger partial charge in [-0.3, -0.25) is 9.80 Å². The molecule has 2 aliphatic carbocycles.